The maximum Gasteiger partial charge on any atom is 0.0681 e. The second kappa shape index (κ2) is 6.07. The van der Waals surface area contributed by atoms with Crippen molar-refractivity contribution in [1.82, 2.24) is 0 Å². The van der Waals surface area contributed by atoms with E-state index in [0.717, 1.165) is 5.92 Å². The first-order valence-electron chi connectivity index (χ1n) is 6.46. The van der Waals surface area contributed by atoms with Gasteiger partial charge in [0.2, 0.25) is 0 Å². The molecule has 1 aromatic heterocycles. The molecule has 1 atom stereocenters. The topological polar surface area (TPSA) is 0 Å². The fourth-order valence-corrected chi connectivity index (χ4v) is 3.96. The molecule has 1 fully saturated rings. The molecule has 1 saturated carbocycles. The summed E-state index contributed by atoms with van der Waals surface area (Å²) in [5.74, 6) is 0.868. The van der Waals surface area contributed by atoms with Crippen molar-refractivity contribution >= 4 is 22.9 Å². The summed E-state index contributed by atoms with van der Waals surface area (Å²) in [7, 11) is 0. The Balaban J connectivity index is 1.88. The molecular formula is C14H21ClS. The van der Waals surface area contributed by atoms with E-state index in [1.54, 1.807) is 0 Å². The van der Waals surface area contributed by atoms with Crippen LogP contribution in [-0.4, -0.2) is 0 Å². The summed E-state index contributed by atoms with van der Waals surface area (Å²) in [6.07, 6.45) is 9.67. The molecule has 1 unspecified atom stereocenters. The van der Waals surface area contributed by atoms with Gasteiger partial charge in [-0.05, 0) is 31.4 Å². The van der Waals surface area contributed by atoms with Gasteiger partial charge in [-0.2, -0.15) is 0 Å². The van der Waals surface area contributed by atoms with Gasteiger partial charge in [-0.15, -0.1) is 22.9 Å². The van der Waals surface area contributed by atoms with E-state index in [9.17, 15) is 0 Å². The van der Waals surface area contributed by atoms with Gasteiger partial charge in [0.1, 0.15) is 0 Å². The Morgan fingerprint density at radius 1 is 1.25 bits per heavy atom. The van der Waals surface area contributed by atoms with E-state index < -0.39 is 0 Å². The number of thiophene rings is 1. The highest BCUT2D eigenvalue weighted by Gasteiger charge is 2.18. The van der Waals surface area contributed by atoms with E-state index in [0.29, 0.717) is 0 Å². The first-order valence-corrected chi connectivity index (χ1v) is 7.71. The predicted octanol–water partition coefficient (Wildman–Crippen LogP) is 5.70. The molecule has 2 heteroatoms. The zero-order chi connectivity index (χ0) is 11.4. The van der Waals surface area contributed by atoms with Crippen LogP contribution in [0.15, 0.2) is 12.1 Å². The van der Waals surface area contributed by atoms with Gasteiger partial charge in [-0.3, -0.25) is 0 Å². The molecule has 0 bridgehead atoms. The first-order chi connectivity index (χ1) is 7.75. The number of rotatable bonds is 3. The van der Waals surface area contributed by atoms with Crippen molar-refractivity contribution in [3.05, 3.63) is 21.9 Å². The highest BCUT2D eigenvalue weighted by Crippen LogP contribution is 2.37. The lowest BCUT2D eigenvalue weighted by atomic mass is 9.94. The van der Waals surface area contributed by atoms with Crippen LogP contribution in [0, 0.1) is 12.8 Å². The standard InChI is InChI=1S/C14H21ClS/c1-11-8-9-14(16-11)13(15)10-12-6-4-2-3-5-7-12/h8-9,12-13H,2-7,10H2,1H3. The molecule has 1 aromatic rings. The van der Waals surface area contributed by atoms with E-state index >= 15 is 0 Å². The Hall–Kier alpha value is -0.0100. The molecule has 0 radical (unpaired) electrons. The molecule has 90 valence electrons. The van der Waals surface area contributed by atoms with Gasteiger partial charge in [0.15, 0.2) is 0 Å². The predicted molar refractivity (Wildman–Crippen MR) is 73.5 cm³/mol. The minimum Gasteiger partial charge on any atom is -0.144 e. The van der Waals surface area contributed by atoms with Crippen LogP contribution in [0.1, 0.15) is 60.1 Å². The molecule has 2 rings (SSSR count). The average molecular weight is 257 g/mol. The van der Waals surface area contributed by atoms with Gasteiger partial charge in [0.25, 0.3) is 0 Å². The Morgan fingerprint density at radius 2 is 1.94 bits per heavy atom. The van der Waals surface area contributed by atoms with E-state index in [4.69, 9.17) is 11.6 Å². The largest absolute Gasteiger partial charge is 0.144 e. The van der Waals surface area contributed by atoms with Gasteiger partial charge in [-0.25, -0.2) is 0 Å². The van der Waals surface area contributed by atoms with Crippen LogP contribution in [0.4, 0.5) is 0 Å². The summed E-state index contributed by atoms with van der Waals surface area (Å²) < 4.78 is 0. The summed E-state index contributed by atoms with van der Waals surface area (Å²) in [6, 6.07) is 4.39. The third-order valence-corrected chi connectivity index (χ3v) is 5.24. The lowest BCUT2D eigenvalue weighted by Crippen LogP contribution is -2.02. The van der Waals surface area contributed by atoms with Gasteiger partial charge in [-0.1, -0.05) is 38.5 Å². The van der Waals surface area contributed by atoms with E-state index in [1.165, 1.54) is 54.7 Å². The molecule has 0 aromatic carbocycles. The Bertz CT molecular complexity index is 310. The number of halogens is 1. The van der Waals surface area contributed by atoms with Crippen LogP contribution in [0.25, 0.3) is 0 Å². The Labute approximate surface area is 108 Å². The van der Waals surface area contributed by atoms with Gasteiger partial charge < -0.3 is 0 Å². The van der Waals surface area contributed by atoms with Crippen molar-refractivity contribution in [3.63, 3.8) is 0 Å². The Kier molecular flexibility index (Phi) is 4.72. The summed E-state index contributed by atoms with van der Waals surface area (Å²) in [6.45, 7) is 2.16. The maximum atomic E-state index is 6.52. The van der Waals surface area contributed by atoms with Crippen LogP contribution in [0.3, 0.4) is 0 Å². The lowest BCUT2D eigenvalue weighted by molar-refractivity contribution is 0.424. The van der Waals surface area contributed by atoms with Crippen LogP contribution in [0.2, 0.25) is 0 Å². The number of aryl methyl sites for hydroxylation is 1. The molecular weight excluding hydrogens is 236 g/mol. The number of alkyl halides is 1. The second-order valence-corrected chi connectivity index (χ2v) is 6.86. The van der Waals surface area contributed by atoms with Crippen molar-refractivity contribution < 1.29 is 0 Å². The minimum absolute atomic E-state index is 0.252. The van der Waals surface area contributed by atoms with Crippen molar-refractivity contribution in [3.8, 4) is 0 Å². The van der Waals surface area contributed by atoms with E-state index in [-0.39, 0.29) is 5.38 Å². The molecule has 0 amide bonds. The van der Waals surface area contributed by atoms with E-state index in [1.807, 2.05) is 11.3 Å². The monoisotopic (exact) mass is 256 g/mol. The molecule has 16 heavy (non-hydrogen) atoms. The maximum absolute atomic E-state index is 6.52. The number of hydrogen-bond acceptors (Lipinski definition) is 1. The second-order valence-electron chi connectivity index (χ2n) is 5.01. The fraction of sp³-hybridized carbons (Fsp3) is 0.714. The van der Waals surface area contributed by atoms with Crippen molar-refractivity contribution in [1.29, 1.82) is 0 Å². The van der Waals surface area contributed by atoms with Crippen LogP contribution in [0.5, 0.6) is 0 Å². The van der Waals surface area contributed by atoms with Crippen LogP contribution < -0.4 is 0 Å². The fourth-order valence-electron chi connectivity index (χ4n) is 2.63. The normalized spacial score (nSPS) is 20.6. The molecule has 1 aliphatic carbocycles. The highest BCUT2D eigenvalue weighted by atomic mass is 35.5. The quantitative estimate of drug-likeness (QED) is 0.481. The van der Waals surface area contributed by atoms with Gasteiger partial charge >= 0.3 is 0 Å². The SMILES string of the molecule is Cc1ccc(C(Cl)CC2CCCCCC2)s1. The van der Waals surface area contributed by atoms with Crippen LogP contribution in [-0.2, 0) is 0 Å². The van der Waals surface area contributed by atoms with Crippen molar-refractivity contribution in [2.24, 2.45) is 5.92 Å². The Morgan fingerprint density at radius 3 is 2.50 bits per heavy atom. The van der Waals surface area contributed by atoms with Crippen molar-refractivity contribution in [2.75, 3.05) is 0 Å². The van der Waals surface area contributed by atoms with Gasteiger partial charge in [0.05, 0.1) is 5.38 Å². The third kappa shape index (κ3) is 3.49. The van der Waals surface area contributed by atoms with Gasteiger partial charge in [0, 0.05) is 9.75 Å². The summed E-state index contributed by atoms with van der Waals surface area (Å²) in [5.41, 5.74) is 0. The summed E-state index contributed by atoms with van der Waals surface area (Å²) in [4.78, 5) is 2.74. The molecule has 0 nitrogen and oxygen atoms in total. The molecule has 0 spiro atoms. The minimum atomic E-state index is 0.252. The van der Waals surface area contributed by atoms with Crippen molar-refractivity contribution in [2.45, 2.75) is 57.2 Å². The number of hydrogen-bond donors (Lipinski definition) is 0. The third-order valence-electron chi connectivity index (χ3n) is 3.58. The molecule has 1 heterocycles. The zero-order valence-corrected chi connectivity index (χ0v) is 11.6. The first kappa shape index (κ1) is 12.4. The molecule has 0 saturated heterocycles. The molecule has 0 N–H and O–H groups in total. The zero-order valence-electron chi connectivity index (χ0n) is 10.0. The van der Waals surface area contributed by atoms with E-state index in [2.05, 4.69) is 19.1 Å². The average Bonchev–Trinajstić information content (AvgIpc) is 2.54. The van der Waals surface area contributed by atoms with Crippen LogP contribution >= 0.6 is 22.9 Å². The smallest absolute Gasteiger partial charge is 0.0681 e. The summed E-state index contributed by atoms with van der Waals surface area (Å²) in [5, 5.41) is 0.252. The molecule has 1 aliphatic rings. The molecule has 0 aliphatic heterocycles. The summed E-state index contributed by atoms with van der Waals surface area (Å²) >= 11 is 8.37. The highest BCUT2D eigenvalue weighted by molar-refractivity contribution is 7.12. The lowest BCUT2D eigenvalue weighted by Gasteiger charge is -2.16.